The Bertz CT molecular complexity index is 134. The Morgan fingerprint density at radius 2 is 1.82 bits per heavy atom. The third kappa shape index (κ3) is 2.89. The quantitative estimate of drug-likeness (QED) is 0.594. The van der Waals surface area contributed by atoms with Gasteiger partial charge in [-0.2, -0.15) is 0 Å². The van der Waals surface area contributed by atoms with Crippen molar-refractivity contribution in [2.45, 2.75) is 19.9 Å². The molecule has 66 valence electrons. The molecule has 0 aliphatic heterocycles. The number of carbonyl (C=O) groups excluding carboxylic acids is 1. The average Bonchev–Trinajstić information content (AvgIpc) is 2.00. The van der Waals surface area contributed by atoms with Gasteiger partial charge in [-0.25, -0.2) is 0 Å². The van der Waals surface area contributed by atoms with Gasteiger partial charge in [0.25, 0.3) is 0 Å². The van der Waals surface area contributed by atoms with Crippen LogP contribution in [0.5, 0.6) is 0 Å². The molecule has 0 aromatic heterocycles. The summed E-state index contributed by atoms with van der Waals surface area (Å²) in [7, 11) is 5.51. The molecule has 0 saturated carbocycles. The van der Waals surface area contributed by atoms with Gasteiger partial charge in [-0.1, -0.05) is 6.92 Å². The van der Waals surface area contributed by atoms with E-state index in [0.29, 0.717) is 0 Å². The van der Waals surface area contributed by atoms with Crippen molar-refractivity contribution in [3.05, 3.63) is 0 Å². The Balaban J connectivity index is 4.02. The Morgan fingerprint density at radius 3 is 2.09 bits per heavy atom. The van der Waals surface area contributed by atoms with Crippen LogP contribution in [0.3, 0.4) is 0 Å². The van der Waals surface area contributed by atoms with Gasteiger partial charge in [-0.3, -0.25) is 9.69 Å². The number of nitrogens with zero attached hydrogens (tertiary/aromatic N) is 2. The van der Waals surface area contributed by atoms with Gasteiger partial charge >= 0.3 is 0 Å². The van der Waals surface area contributed by atoms with Gasteiger partial charge in [-0.05, 0) is 20.5 Å². The van der Waals surface area contributed by atoms with Gasteiger partial charge in [-0.15, -0.1) is 0 Å². The van der Waals surface area contributed by atoms with Crippen LogP contribution in [-0.4, -0.2) is 49.4 Å². The maximum atomic E-state index is 11.3. The van der Waals surface area contributed by atoms with Gasteiger partial charge in [0.15, 0.2) is 0 Å². The van der Waals surface area contributed by atoms with Crippen molar-refractivity contribution in [3.63, 3.8) is 0 Å². The highest BCUT2D eigenvalue weighted by Crippen LogP contribution is 1.97. The van der Waals surface area contributed by atoms with Crippen LogP contribution in [0.15, 0.2) is 0 Å². The highest BCUT2D eigenvalue weighted by molar-refractivity contribution is 5.80. The molecule has 0 spiro atoms. The van der Waals surface area contributed by atoms with E-state index in [2.05, 4.69) is 0 Å². The van der Waals surface area contributed by atoms with Crippen LogP contribution in [0, 0.1) is 0 Å². The van der Waals surface area contributed by atoms with E-state index in [9.17, 15) is 4.79 Å². The molecule has 0 aliphatic rings. The van der Waals surface area contributed by atoms with Crippen LogP contribution in [-0.2, 0) is 4.79 Å². The van der Waals surface area contributed by atoms with E-state index in [-0.39, 0.29) is 11.9 Å². The molecule has 0 radical (unpaired) electrons. The average molecular weight is 158 g/mol. The minimum Gasteiger partial charge on any atom is -0.347 e. The van der Waals surface area contributed by atoms with Crippen molar-refractivity contribution in [1.82, 2.24) is 9.80 Å². The molecule has 0 aromatic carbocycles. The summed E-state index contributed by atoms with van der Waals surface area (Å²) in [4.78, 5) is 15.0. The lowest BCUT2D eigenvalue weighted by molar-refractivity contribution is -0.133. The summed E-state index contributed by atoms with van der Waals surface area (Å²) in [6.07, 6.45) is 0. The third-order valence-corrected chi connectivity index (χ3v) is 1.96. The second-order valence-corrected chi connectivity index (χ2v) is 2.98. The highest BCUT2D eigenvalue weighted by atomic mass is 16.2. The molecule has 0 heterocycles. The SMILES string of the molecule is CCN(C)C(C)C(=O)N(C)C. The van der Waals surface area contributed by atoms with E-state index in [1.54, 1.807) is 19.0 Å². The minimum absolute atomic E-state index is 0.00463. The van der Waals surface area contributed by atoms with E-state index >= 15 is 0 Å². The Labute approximate surface area is 69.0 Å². The first kappa shape index (κ1) is 10.4. The first-order valence-electron chi connectivity index (χ1n) is 3.92. The lowest BCUT2D eigenvalue weighted by Crippen LogP contribution is -2.42. The molecule has 0 saturated heterocycles. The number of rotatable bonds is 3. The zero-order chi connectivity index (χ0) is 9.02. The van der Waals surface area contributed by atoms with E-state index in [4.69, 9.17) is 0 Å². The van der Waals surface area contributed by atoms with Crippen molar-refractivity contribution in [2.75, 3.05) is 27.7 Å². The molecular weight excluding hydrogens is 140 g/mol. The Kier molecular flexibility index (Phi) is 4.11. The lowest BCUT2D eigenvalue weighted by Gasteiger charge is -2.24. The van der Waals surface area contributed by atoms with Crippen molar-refractivity contribution in [3.8, 4) is 0 Å². The predicted octanol–water partition coefficient (Wildman–Crippen LogP) is 0.415. The summed E-state index contributed by atoms with van der Waals surface area (Å²) in [6, 6.07) is -0.00463. The Morgan fingerprint density at radius 1 is 1.36 bits per heavy atom. The van der Waals surface area contributed by atoms with Gasteiger partial charge in [0.1, 0.15) is 0 Å². The molecule has 0 N–H and O–H groups in total. The third-order valence-electron chi connectivity index (χ3n) is 1.96. The number of amides is 1. The summed E-state index contributed by atoms with van der Waals surface area (Å²) in [6.45, 7) is 4.87. The van der Waals surface area contributed by atoms with Gasteiger partial charge < -0.3 is 4.90 Å². The second-order valence-electron chi connectivity index (χ2n) is 2.98. The molecule has 0 bridgehead atoms. The molecule has 11 heavy (non-hydrogen) atoms. The fourth-order valence-electron chi connectivity index (χ4n) is 0.836. The first-order chi connectivity index (χ1) is 5.00. The summed E-state index contributed by atoms with van der Waals surface area (Å²) >= 11 is 0. The molecule has 1 unspecified atom stereocenters. The fourth-order valence-corrected chi connectivity index (χ4v) is 0.836. The Hall–Kier alpha value is -0.570. The number of hydrogen-bond acceptors (Lipinski definition) is 2. The van der Waals surface area contributed by atoms with Gasteiger partial charge in [0, 0.05) is 14.1 Å². The van der Waals surface area contributed by atoms with Crippen molar-refractivity contribution in [2.24, 2.45) is 0 Å². The normalized spacial score (nSPS) is 13.3. The first-order valence-corrected chi connectivity index (χ1v) is 3.92. The molecular formula is C8H18N2O. The minimum atomic E-state index is -0.00463. The lowest BCUT2D eigenvalue weighted by atomic mass is 10.2. The number of likely N-dealkylation sites (N-methyl/N-ethyl adjacent to an activating group) is 2. The second kappa shape index (κ2) is 4.34. The molecule has 0 aliphatic carbocycles. The van der Waals surface area contributed by atoms with Crippen molar-refractivity contribution < 1.29 is 4.79 Å². The monoisotopic (exact) mass is 158 g/mol. The largest absolute Gasteiger partial charge is 0.347 e. The van der Waals surface area contributed by atoms with Crippen LogP contribution in [0.25, 0.3) is 0 Å². The fraction of sp³-hybridized carbons (Fsp3) is 0.875. The van der Waals surface area contributed by atoms with Crippen LogP contribution in [0.2, 0.25) is 0 Å². The van der Waals surface area contributed by atoms with Gasteiger partial charge in [0.2, 0.25) is 5.91 Å². The molecule has 0 rings (SSSR count). The zero-order valence-corrected chi connectivity index (χ0v) is 8.09. The van der Waals surface area contributed by atoms with Crippen LogP contribution < -0.4 is 0 Å². The van der Waals surface area contributed by atoms with Crippen LogP contribution in [0.1, 0.15) is 13.8 Å². The van der Waals surface area contributed by atoms with Crippen LogP contribution >= 0.6 is 0 Å². The summed E-state index contributed by atoms with van der Waals surface area (Å²) in [5.74, 6) is 0.161. The van der Waals surface area contributed by atoms with Crippen LogP contribution in [0.4, 0.5) is 0 Å². The maximum absolute atomic E-state index is 11.3. The predicted molar refractivity (Wildman–Crippen MR) is 46.5 cm³/mol. The summed E-state index contributed by atoms with van der Waals surface area (Å²) in [5, 5.41) is 0. The van der Waals surface area contributed by atoms with E-state index in [1.165, 1.54) is 0 Å². The molecule has 1 atom stereocenters. The maximum Gasteiger partial charge on any atom is 0.239 e. The summed E-state index contributed by atoms with van der Waals surface area (Å²) in [5.41, 5.74) is 0. The molecule has 3 nitrogen and oxygen atoms in total. The molecule has 0 fully saturated rings. The topological polar surface area (TPSA) is 23.6 Å². The van der Waals surface area contributed by atoms with E-state index in [1.807, 2.05) is 25.8 Å². The van der Waals surface area contributed by atoms with Gasteiger partial charge in [0.05, 0.1) is 6.04 Å². The number of hydrogen-bond donors (Lipinski definition) is 0. The van der Waals surface area contributed by atoms with E-state index in [0.717, 1.165) is 6.54 Å². The smallest absolute Gasteiger partial charge is 0.239 e. The molecule has 1 amide bonds. The van der Waals surface area contributed by atoms with E-state index < -0.39 is 0 Å². The molecule has 3 heteroatoms. The molecule has 0 aromatic rings. The highest BCUT2D eigenvalue weighted by Gasteiger charge is 2.17. The summed E-state index contributed by atoms with van der Waals surface area (Å²) < 4.78 is 0. The zero-order valence-electron chi connectivity index (χ0n) is 8.09. The standard InChI is InChI=1S/C8H18N2O/c1-6-10(5)7(2)8(11)9(3)4/h7H,6H2,1-5H3. The van der Waals surface area contributed by atoms with Crippen molar-refractivity contribution >= 4 is 5.91 Å². The number of carbonyl (C=O) groups is 1. The van der Waals surface area contributed by atoms with Crippen molar-refractivity contribution in [1.29, 1.82) is 0 Å².